The van der Waals surface area contributed by atoms with Crippen molar-refractivity contribution in [2.45, 2.75) is 117 Å². The predicted octanol–water partition coefficient (Wildman–Crippen LogP) is 7.55. The molecule has 0 saturated heterocycles. The predicted molar refractivity (Wildman–Crippen MR) is 149 cm³/mol. The molecule has 0 amide bonds. The number of quaternary nitrogens is 1. The Morgan fingerprint density at radius 3 is 1.50 bits per heavy atom. The maximum absolute atomic E-state index is 10.3. The first kappa shape index (κ1) is 38.8. The lowest BCUT2D eigenvalue weighted by Crippen LogP contribution is -2.45. The van der Waals surface area contributed by atoms with E-state index in [1.165, 1.54) is 95.6 Å². The quantitative estimate of drug-likeness (QED) is 0.0763. The van der Waals surface area contributed by atoms with Gasteiger partial charge in [0.2, 0.25) is 0 Å². The van der Waals surface area contributed by atoms with Crippen LogP contribution >= 0.6 is 20.0 Å². The highest BCUT2D eigenvalue weighted by Gasteiger charge is 2.13. The van der Waals surface area contributed by atoms with E-state index in [0.29, 0.717) is 13.2 Å². The van der Waals surface area contributed by atoms with Gasteiger partial charge in [0, 0.05) is 4.57 Å². The van der Waals surface area contributed by atoms with Crippen LogP contribution in [-0.2, 0) is 9.09 Å². The summed E-state index contributed by atoms with van der Waals surface area (Å²) >= 11 is 1.93. The summed E-state index contributed by atoms with van der Waals surface area (Å²) in [6.07, 6.45) is 20.6. The molecule has 1 atom stereocenters. The van der Waals surface area contributed by atoms with Gasteiger partial charge in [0.1, 0.15) is 13.2 Å². The Morgan fingerprint density at radius 2 is 1.15 bits per heavy atom. The largest absolute Gasteiger partial charge is 0.870 e. The third-order valence-electron chi connectivity index (χ3n) is 6.44. The molecular formula is C26H59NO5PS+. The molecule has 0 fully saturated rings. The number of aliphatic hydroxyl groups is 1. The highest BCUT2D eigenvalue weighted by atomic mass is 32.2. The maximum Gasteiger partial charge on any atom is 0.694 e. The lowest BCUT2D eigenvalue weighted by molar-refractivity contribution is -0.906. The van der Waals surface area contributed by atoms with E-state index < -0.39 is 8.25 Å². The normalized spacial score (nSPS) is 11.5. The molecule has 0 bridgehead atoms. The van der Waals surface area contributed by atoms with Gasteiger partial charge in [0.25, 0.3) is 0 Å². The van der Waals surface area contributed by atoms with Gasteiger partial charge in [-0.1, -0.05) is 90.4 Å². The summed E-state index contributed by atoms with van der Waals surface area (Å²) in [6.45, 7) is 10.4. The molecule has 0 spiro atoms. The van der Waals surface area contributed by atoms with E-state index in [0.717, 1.165) is 36.3 Å². The molecule has 0 saturated carbocycles. The number of likely N-dealkylation sites (N-methyl/N-ethyl adjacent to an activating group) is 1. The Balaban J connectivity index is -0.000000812. The number of hydrogen-bond acceptors (Lipinski definition) is 5. The Hall–Kier alpha value is 0.250. The second-order valence-electron chi connectivity index (χ2n) is 9.33. The Labute approximate surface area is 217 Å². The van der Waals surface area contributed by atoms with Crippen molar-refractivity contribution in [2.24, 2.45) is 0 Å². The summed E-state index contributed by atoms with van der Waals surface area (Å²) in [5, 5.41) is 8.65. The Morgan fingerprint density at radius 1 is 0.735 bits per heavy atom. The highest BCUT2D eigenvalue weighted by molar-refractivity contribution is 7.99. The lowest BCUT2D eigenvalue weighted by Gasteiger charge is -2.31. The fourth-order valence-corrected chi connectivity index (χ4v) is 4.81. The van der Waals surface area contributed by atoms with Gasteiger partial charge in [-0.2, -0.15) is 11.8 Å². The molecule has 0 aromatic carbocycles. The molecule has 0 aromatic heterocycles. The van der Waals surface area contributed by atoms with Gasteiger partial charge in [-0.25, -0.2) is 0 Å². The van der Waals surface area contributed by atoms with Gasteiger partial charge in [-0.05, 0) is 38.2 Å². The molecule has 0 radical (unpaired) electrons. The molecule has 0 heterocycles. The van der Waals surface area contributed by atoms with Crippen molar-refractivity contribution >= 4 is 20.0 Å². The number of nitrogens with zero attached hydrogens (tertiary/aromatic N) is 1. The first-order valence-electron chi connectivity index (χ1n) is 13.8. The SMILES string of the molecule is CCCCCCCCCCCCCCCCSCCCO[P+](=O)O.CC[N+](C)(CC)CCO.[OH-]. The van der Waals surface area contributed by atoms with E-state index >= 15 is 0 Å². The van der Waals surface area contributed by atoms with Crippen LogP contribution in [0.2, 0.25) is 0 Å². The maximum atomic E-state index is 10.3. The molecule has 0 aliphatic heterocycles. The third kappa shape index (κ3) is 32.2. The van der Waals surface area contributed by atoms with Crippen LogP contribution in [0.3, 0.4) is 0 Å². The number of thioether (sulfide) groups is 1. The highest BCUT2D eigenvalue weighted by Crippen LogP contribution is 2.16. The van der Waals surface area contributed by atoms with Gasteiger partial charge in [-0.3, -0.25) is 0 Å². The van der Waals surface area contributed by atoms with Crippen molar-refractivity contribution in [3.63, 3.8) is 0 Å². The van der Waals surface area contributed by atoms with E-state index in [1.807, 2.05) is 11.8 Å². The second kappa shape index (κ2) is 31.3. The van der Waals surface area contributed by atoms with Crippen molar-refractivity contribution in [3.8, 4) is 0 Å². The first-order valence-corrected chi connectivity index (χ1v) is 16.0. The monoisotopic (exact) mass is 528 g/mol. The summed E-state index contributed by atoms with van der Waals surface area (Å²) < 4.78 is 15.9. The van der Waals surface area contributed by atoms with Gasteiger partial charge in [0.15, 0.2) is 0 Å². The molecule has 208 valence electrons. The minimum atomic E-state index is -2.40. The summed E-state index contributed by atoms with van der Waals surface area (Å²) in [4.78, 5) is 8.48. The van der Waals surface area contributed by atoms with E-state index in [9.17, 15) is 4.57 Å². The van der Waals surface area contributed by atoms with Gasteiger partial charge >= 0.3 is 8.25 Å². The van der Waals surface area contributed by atoms with Crippen LogP contribution in [0.1, 0.15) is 117 Å². The number of unbranched alkanes of at least 4 members (excludes halogenated alkanes) is 13. The molecular weight excluding hydrogens is 469 g/mol. The van der Waals surface area contributed by atoms with Crippen LogP contribution in [0.25, 0.3) is 0 Å². The molecule has 6 nitrogen and oxygen atoms in total. The molecule has 3 N–H and O–H groups in total. The lowest BCUT2D eigenvalue weighted by atomic mass is 10.0. The average Bonchev–Trinajstić information content (AvgIpc) is 2.81. The number of rotatable bonds is 24. The van der Waals surface area contributed by atoms with Crippen molar-refractivity contribution in [1.82, 2.24) is 0 Å². The fraction of sp³-hybridized carbons (Fsp3) is 1.00. The number of aliphatic hydroxyl groups excluding tert-OH is 1. The summed E-state index contributed by atoms with van der Waals surface area (Å²) in [6, 6.07) is 0. The third-order valence-corrected chi connectivity index (χ3v) is 8.00. The zero-order valence-corrected chi connectivity index (χ0v) is 24.7. The zero-order valence-electron chi connectivity index (χ0n) is 23.0. The van der Waals surface area contributed by atoms with Crippen molar-refractivity contribution in [3.05, 3.63) is 0 Å². The molecule has 0 rings (SSSR count). The smallest absolute Gasteiger partial charge is 0.694 e. The van der Waals surface area contributed by atoms with Crippen LogP contribution in [0.4, 0.5) is 0 Å². The van der Waals surface area contributed by atoms with Crippen molar-refractivity contribution in [2.75, 3.05) is 51.4 Å². The van der Waals surface area contributed by atoms with Gasteiger partial charge in [-0.15, -0.1) is 9.42 Å². The molecule has 1 unspecified atom stereocenters. The van der Waals surface area contributed by atoms with Crippen LogP contribution in [-0.4, -0.2) is 71.4 Å². The second-order valence-corrected chi connectivity index (χ2v) is 11.3. The minimum absolute atomic E-state index is 0. The first-order chi connectivity index (χ1) is 16.0. The van der Waals surface area contributed by atoms with E-state index in [1.54, 1.807) is 0 Å². The Bertz CT molecular complexity index is 401. The summed E-state index contributed by atoms with van der Waals surface area (Å²) in [5.74, 6) is 2.24. The topological polar surface area (TPSA) is 96.8 Å². The van der Waals surface area contributed by atoms with Crippen LogP contribution in [0, 0.1) is 0 Å². The molecule has 8 heteroatoms. The van der Waals surface area contributed by atoms with Crippen LogP contribution in [0.15, 0.2) is 0 Å². The fourth-order valence-electron chi connectivity index (χ4n) is 3.59. The molecule has 34 heavy (non-hydrogen) atoms. The van der Waals surface area contributed by atoms with E-state index in [-0.39, 0.29) is 5.48 Å². The van der Waals surface area contributed by atoms with Gasteiger partial charge < -0.3 is 15.1 Å². The average molecular weight is 529 g/mol. The number of hydrogen-bond donors (Lipinski definition) is 2. The minimum Gasteiger partial charge on any atom is -0.870 e. The standard InChI is InChI=1S/C19H39O3PS.C7H18NO.H2O/c1-2-3-4-5-6-7-8-9-10-11-12-13-14-15-18-24-19-16-17-22-23(20)21;1-4-8(3,5-2)6-7-9;/h2-19H2,1H3;9H,4-7H2,1-3H3;1H2/q;+1;. The van der Waals surface area contributed by atoms with Crippen LogP contribution in [0.5, 0.6) is 0 Å². The Kier molecular flexibility index (Phi) is 35.7. The molecule has 0 aliphatic carbocycles. The zero-order chi connectivity index (χ0) is 25.0. The summed E-state index contributed by atoms with van der Waals surface area (Å²) in [5.41, 5.74) is 0. The van der Waals surface area contributed by atoms with E-state index in [2.05, 4.69) is 32.3 Å². The molecule has 0 aromatic rings. The van der Waals surface area contributed by atoms with Gasteiger partial charge in [0.05, 0.1) is 26.7 Å². The molecule has 0 aliphatic rings. The van der Waals surface area contributed by atoms with Crippen molar-refractivity contribution < 1.29 is 29.0 Å². The van der Waals surface area contributed by atoms with E-state index in [4.69, 9.17) is 10.00 Å². The summed E-state index contributed by atoms with van der Waals surface area (Å²) in [7, 11) is -0.242. The van der Waals surface area contributed by atoms with Crippen molar-refractivity contribution in [1.29, 1.82) is 0 Å². The van der Waals surface area contributed by atoms with Crippen LogP contribution < -0.4 is 0 Å².